The number of hydrogen-bond donors (Lipinski definition) is 0. The molecule has 82 valence electrons. The Labute approximate surface area is 99.6 Å². The van der Waals surface area contributed by atoms with Gasteiger partial charge >= 0.3 is 0 Å². The van der Waals surface area contributed by atoms with E-state index in [4.69, 9.17) is 27.9 Å². The summed E-state index contributed by atoms with van der Waals surface area (Å²) < 4.78 is 5.68. The zero-order chi connectivity index (χ0) is 10.8. The molecule has 1 heterocycles. The smallest absolute Gasteiger partial charge is 0.233 e. The molecule has 0 unspecified atom stereocenters. The first kappa shape index (κ1) is 11.0. The fourth-order valence-corrected chi connectivity index (χ4v) is 1.95. The third-order valence-electron chi connectivity index (χ3n) is 2.71. The summed E-state index contributed by atoms with van der Waals surface area (Å²) in [7, 11) is 0. The van der Waals surface area contributed by atoms with E-state index in [1.54, 1.807) is 0 Å². The number of hydrogen-bond acceptors (Lipinski definition) is 2. The molecule has 1 aliphatic rings. The maximum absolute atomic E-state index is 6.06. The maximum atomic E-state index is 6.06. The zero-order valence-corrected chi connectivity index (χ0v) is 10.1. The topological polar surface area (TPSA) is 22.1 Å². The second-order valence-corrected chi connectivity index (χ2v) is 4.50. The van der Waals surface area contributed by atoms with Gasteiger partial charge in [0.15, 0.2) is 0 Å². The lowest BCUT2D eigenvalue weighted by Crippen LogP contribution is -2.25. The van der Waals surface area contributed by atoms with E-state index in [-0.39, 0.29) is 0 Å². The molecule has 1 aromatic heterocycles. The molecule has 0 N–H and O–H groups in total. The van der Waals surface area contributed by atoms with Crippen molar-refractivity contribution < 1.29 is 4.74 Å². The van der Waals surface area contributed by atoms with Gasteiger partial charge in [-0.15, -0.1) is 11.6 Å². The van der Waals surface area contributed by atoms with Gasteiger partial charge in [-0.05, 0) is 37.8 Å². The minimum atomic E-state index is 0.302. The Hall–Kier alpha value is -0.470. The van der Waals surface area contributed by atoms with Crippen molar-refractivity contribution in [1.29, 1.82) is 0 Å². The van der Waals surface area contributed by atoms with Crippen LogP contribution in [-0.4, -0.2) is 11.1 Å². The predicted octanol–water partition coefficient (Wildman–Crippen LogP) is 3.71. The second kappa shape index (κ2) is 4.58. The molecule has 0 bridgehead atoms. The SMILES string of the molecule is Cc1nc(OC2CCC2)c(Cl)cc1CCl. The Morgan fingerprint density at radius 1 is 1.53 bits per heavy atom. The van der Waals surface area contributed by atoms with Gasteiger partial charge in [0.2, 0.25) is 5.88 Å². The zero-order valence-electron chi connectivity index (χ0n) is 8.59. The van der Waals surface area contributed by atoms with Crippen molar-refractivity contribution in [2.75, 3.05) is 0 Å². The lowest BCUT2D eigenvalue weighted by atomic mass is 9.96. The van der Waals surface area contributed by atoms with Crippen LogP contribution >= 0.6 is 23.2 Å². The lowest BCUT2D eigenvalue weighted by molar-refractivity contribution is 0.114. The molecule has 2 nitrogen and oxygen atoms in total. The van der Waals surface area contributed by atoms with E-state index in [1.165, 1.54) is 6.42 Å². The predicted molar refractivity (Wildman–Crippen MR) is 61.8 cm³/mol. The van der Waals surface area contributed by atoms with Crippen LogP contribution in [0.3, 0.4) is 0 Å². The average molecular weight is 246 g/mol. The monoisotopic (exact) mass is 245 g/mol. The molecule has 1 aromatic rings. The van der Waals surface area contributed by atoms with Crippen LogP contribution in [0.5, 0.6) is 5.88 Å². The van der Waals surface area contributed by atoms with Crippen molar-refractivity contribution in [2.24, 2.45) is 0 Å². The van der Waals surface area contributed by atoms with Crippen LogP contribution in [-0.2, 0) is 5.88 Å². The van der Waals surface area contributed by atoms with Crippen molar-refractivity contribution in [2.45, 2.75) is 38.2 Å². The van der Waals surface area contributed by atoms with Gasteiger partial charge < -0.3 is 4.74 Å². The van der Waals surface area contributed by atoms with Gasteiger partial charge in [0, 0.05) is 11.6 Å². The van der Waals surface area contributed by atoms with Gasteiger partial charge in [-0.3, -0.25) is 0 Å². The van der Waals surface area contributed by atoms with Crippen LogP contribution in [0.15, 0.2) is 6.07 Å². The Bertz CT molecular complexity index is 364. The van der Waals surface area contributed by atoms with Crippen molar-refractivity contribution in [3.8, 4) is 5.88 Å². The van der Waals surface area contributed by atoms with E-state index >= 15 is 0 Å². The van der Waals surface area contributed by atoms with Crippen LogP contribution < -0.4 is 4.74 Å². The van der Waals surface area contributed by atoms with Gasteiger partial charge in [0.1, 0.15) is 11.1 Å². The van der Waals surface area contributed by atoms with E-state index < -0.39 is 0 Å². The maximum Gasteiger partial charge on any atom is 0.233 e. The first-order chi connectivity index (χ1) is 7.20. The molecule has 0 spiro atoms. The quantitative estimate of drug-likeness (QED) is 0.758. The number of alkyl halides is 1. The minimum absolute atomic E-state index is 0.302. The second-order valence-electron chi connectivity index (χ2n) is 3.82. The van der Waals surface area contributed by atoms with E-state index in [0.29, 0.717) is 22.9 Å². The number of pyridine rings is 1. The Morgan fingerprint density at radius 3 is 2.80 bits per heavy atom. The summed E-state index contributed by atoms with van der Waals surface area (Å²) in [5, 5.41) is 0.558. The Kier molecular flexibility index (Phi) is 3.37. The highest BCUT2D eigenvalue weighted by atomic mass is 35.5. The molecule has 1 fully saturated rings. The number of halogens is 2. The average Bonchev–Trinajstić information content (AvgIpc) is 2.16. The molecule has 2 rings (SSSR count). The van der Waals surface area contributed by atoms with Gasteiger partial charge in [-0.1, -0.05) is 11.6 Å². The van der Waals surface area contributed by atoms with Crippen molar-refractivity contribution in [1.82, 2.24) is 4.98 Å². The Balaban J connectivity index is 2.19. The molecule has 0 saturated heterocycles. The summed E-state index contributed by atoms with van der Waals surface area (Å²) in [6.07, 6.45) is 3.75. The van der Waals surface area contributed by atoms with Gasteiger partial charge in [-0.25, -0.2) is 4.98 Å². The van der Waals surface area contributed by atoms with Crippen LogP contribution in [0.2, 0.25) is 5.02 Å². The molecule has 0 radical (unpaired) electrons. The molecular weight excluding hydrogens is 233 g/mol. The lowest BCUT2D eigenvalue weighted by Gasteiger charge is -2.26. The molecule has 0 atom stereocenters. The number of aromatic nitrogens is 1. The highest BCUT2D eigenvalue weighted by Gasteiger charge is 2.21. The summed E-state index contributed by atoms with van der Waals surface area (Å²) in [5.41, 5.74) is 1.85. The van der Waals surface area contributed by atoms with Gasteiger partial charge in [0.05, 0.1) is 0 Å². The standard InChI is InChI=1S/C11H13Cl2NO/c1-7-8(6-12)5-10(13)11(14-7)15-9-3-2-4-9/h5,9H,2-4,6H2,1H3. The summed E-state index contributed by atoms with van der Waals surface area (Å²) >= 11 is 11.8. The number of rotatable bonds is 3. The van der Waals surface area contributed by atoms with E-state index in [9.17, 15) is 0 Å². The fourth-order valence-electron chi connectivity index (χ4n) is 1.46. The van der Waals surface area contributed by atoms with E-state index in [0.717, 1.165) is 24.1 Å². The molecule has 15 heavy (non-hydrogen) atoms. The summed E-state index contributed by atoms with van der Waals surface area (Å²) in [4.78, 5) is 4.33. The number of aryl methyl sites for hydroxylation is 1. The van der Waals surface area contributed by atoms with E-state index in [1.807, 2.05) is 13.0 Å². The minimum Gasteiger partial charge on any atom is -0.473 e. The molecule has 0 aliphatic heterocycles. The van der Waals surface area contributed by atoms with Crippen LogP contribution in [0, 0.1) is 6.92 Å². The highest BCUT2D eigenvalue weighted by molar-refractivity contribution is 6.32. The van der Waals surface area contributed by atoms with Crippen molar-refractivity contribution in [3.05, 3.63) is 22.3 Å². The molecular formula is C11H13Cl2NO. The summed E-state index contributed by atoms with van der Waals surface area (Å²) in [6, 6.07) is 1.84. The van der Waals surface area contributed by atoms with Crippen LogP contribution in [0.4, 0.5) is 0 Å². The summed E-state index contributed by atoms with van der Waals surface area (Å²) in [6.45, 7) is 1.92. The third-order valence-corrected chi connectivity index (χ3v) is 3.27. The first-order valence-corrected chi connectivity index (χ1v) is 6.00. The Morgan fingerprint density at radius 2 is 2.27 bits per heavy atom. The fraction of sp³-hybridized carbons (Fsp3) is 0.545. The van der Waals surface area contributed by atoms with E-state index in [2.05, 4.69) is 4.98 Å². The highest BCUT2D eigenvalue weighted by Crippen LogP contribution is 2.30. The molecule has 1 aliphatic carbocycles. The largest absolute Gasteiger partial charge is 0.473 e. The van der Waals surface area contributed by atoms with Gasteiger partial charge in [0.25, 0.3) is 0 Å². The van der Waals surface area contributed by atoms with Crippen LogP contribution in [0.1, 0.15) is 30.5 Å². The van der Waals surface area contributed by atoms with Crippen molar-refractivity contribution >= 4 is 23.2 Å². The summed E-state index contributed by atoms with van der Waals surface area (Å²) in [5.74, 6) is 0.982. The molecule has 4 heteroatoms. The third kappa shape index (κ3) is 2.37. The van der Waals surface area contributed by atoms with Gasteiger partial charge in [-0.2, -0.15) is 0 Å². The number of nitrogens with zero attached hydrogens (tertiary/aromatic N) is 1. The van der Waals surface area contributed by atoms with Crippen molar-refractivity contribution in [3.63, 3.8) is 0 Å². The molecule has 0 amide bonds. The molecule has 1 saturated carbocycles. The number of ether oxygens (including phenoxy) is 1. The normalized spacial score (nSPS) is 16.2. The van der Waals surface area contributed by atoms with Crippen LogP contribution in [0.25, 0.3) is 0 Å². The molecule has 0 aromatic carbocycles. The first-order valence-electron chi connectivity index (χ1n) is 5.09.